The van der Waals surface area contributed by atoms with Gasteiger partial charge in [0, 0.05) is 12.2 Å². The Morgan fingerprint density at radius 1 is 1.21 bits per heavy atom. The van der Waals surface area contributed by atoms with Crippen LogP contribution in [0.5, 0.6) is 5.75 Å². The standard InChI is InChI=1S/C15H19N3O/c1-19-14-5-3-2-4-12(14)10-13(16)8-11-6-7-18-15(17)9-11/h2-7,9,13H,8,10,16H2,1H3,(H2,17,18). The lowest BCUT2D eigenvalue weighted by Gasteiger charge is -2.14. The maximum atomic E-state index is 6.19. The van der Waals surface area contributed by atoms with Crippen LogP contribution in [0.2, 0.25) is 0 Å². The van der Waals surface area contributed by atoms with E-state index in [4.69, 9.17) is 16.2 Å². The van der Waals surface area contributed by atoms with E-state index >= 15 is 0 Å². The van der Waals surface area contributed by atoms with Gasteiger partial charge in [-0.05, 0) is 42.2 Å². The summed E-state index contributed by atoms with van der Waals surface area (Å²) >= 11 is 0. The van der Waals surface area contributed by atoms with Gasteiger partial charge in [-0.3, -0.25) is 0 Å². The Morgan fingerprint density at radius 3 is 2.74 bits per heavy atom. The quantitative estimate of drug-likeness (QED) is 0.856. The molecule has 0 aliphatic rings. The van der Waals surface area contributed by atoms with Gasteiger partial charge in [-0.15, -0.1) is 0 Å². The number of para-hydroxylation sites is 1. The van der Waals surface area contributed by atoms with Gasteiger partial charge in [0.2, 0.25) is 0 Å². The molecule has 1 aromatic carbocycles. The summed E-state index contributed by atoms with van der Waals surface area (Å²) in [4.78, 5) is 3.98. The summed E-state index contributed by atoms with van der Waals surface area (Å²) in [6.45, 7) is 0. The molecule has 4 N–H and O–H groups in total. The average molecular weight is 257 g/mol. The zero-order valence-corrected chi connectivity index (χ0v) is 11.0. The Bertz CT molecular complexity index is 542. The van der Waals surface area contributed by atoms with Crippen LogP contribution in [0.1, 0.15) is 11.1 Å². The first kappa shape index (κ1) is 13.4. The van der Waals surface area contributed by atoms with Gasteiger partial charge in [-0.25, -0.2) is 4.98 Å². The van der Waals surface area contributed by atoms with Crippen molar-refractivity contribution in [2.24, 2.45) is 5.73 Å². The van der Waals surface area contributed by atoms with Crippen LogP contribution < -0.4 is 16.2 Å². The predicted octanol–water partition coefficient (Wildman–Crippen LogP) is 1.78. The molecule has 100 valence electrons. The lowest BCUT2D eigenvalue weighted by atomic mass is 9.99. The zero-order chi connectivity index (χ0) is 13.7. The predicted molar refractivity (Wildman–Crippen MR) is 77.0 cm³/mol. The Labute approximate surface area is 113 Å². The van der Waals surface area contributed by atoms with Gasteiger partial charge in [0.05, 0.1) is 7.11 Å². The lowest BCUT2D eigenvalue weighted by Crippen LogP contribution is -2.25. The summed E-state index contributed by atoms with van der Waals surface area (Å²) in [5.41, 5.74) is 14.1. The third kappa shape index (κ3) is 3.69. The number of ether oxygens (including phenoxy) is 1. The van der Waals surface area contributed by atoms with Crippen molar-refractivity contribution in [2.75, 3.05) is 12.8 Å². The molecular formula is C15H19N3O. The van der Waals surface area contributed by atoms with Crippen molar-refractivity contribution in [3.05, 3.63) is 53.7 Å². The first-order valence-electron chi connectivity index (χ1n) is 6.27. The molecule has 4 heteroatoms. The number of aromatic nitrogens is 1. The van der Waals surface area contributed by atoms with Crippen molar-refractivity contribution in [3.8, 4) is 5.75 Å². The van der Waals surface area contributed by atoms with Gasteiger partial charge in [-0.1, -0.05) is 18.2 Å². The van der Waals surface area contributed by atoms with Crippen molar-refractivity contribution >= 4 is 5.82 Å². The minimum Gasteiger partial charge on any atom is -0.496 e. The molecule has 4 nitrogen and oxygen atoms in total. The molecule has 2 rings (SSSR count). The molecule has 0 saturated carbocycles. The van der Waals surface area contributed by atoms with Crippen LogP contribution in [0.25, 0.3) is 0 Å². The Morgan fingerprint density at radius 2 is 2.00 bits per heavy atom. The molecule has 0 aliphatic carbocycles. The Balaban J connectivity index is 2.03. The maximum Gasteiger partial charge on any atom is 0.123 e. The molecule has 2 aromatic rings. The first-order chi connectivity index (χ1) is 9.19. The number of nitrogen functional groups attached to an aromatic ring is 1. The van der Waals surface area contributed by atoms with E-state index in [2.05, 4.69) is 4.98 Å². The molecule has 1 unspecified atom stereocenters. The monoisotopic (exact) mass is 257 g/mol. The van der Waals surface area contributed by atoms with Gasteiger partial charge in [0.1, 0.15) is 11.6 Å². The van der Waals surface area contributed by atoms with Crippen molar-refractivity contribution in [1.29, 1.82) is 0 Å². The highest BCUT2D eigenvalue weighted by molar-refractivity contribution is 5.35. The molecule has 1 heterocycles. The van der Waals surface area contributed by atoms with Gasteiger partial charge >= 0.3 is 0 Å². The van der Waals surface area contributed by atoms with E-state index in [1.54, 1.807) is 13.3 Å². The summed E-state index contributed by atoms with van der Waals surface area (Å²) in [6, 6.07) is 11.8. The molecule has 19 heavy (non-hydrogen) atoms. The molecule has 0 saturated heterocycles. The second-order valence-electron chi connectivity index (χ2n) is 4.57. The molecule has 1 aromatic heterocycles. The average Bonchev–Trinajstić information content (AvgIpc) is 2.39. The first-order valence-corrected chi connectivity index (χ1v) is 6.27. The number of anilines is 1. The molecule has 0 spiro atoms. The van der Waals surface area contributed by atoms with E-state index < -0.39 is 0 Å². The van der Waals surface area contributed by atoms with E-state index in [0.717, 1.165) is 29.7 Å². The summed E-state index contributed by atoms with van der Waals surface area (Å²) in [6.07, 6.45) is 3.25. The third-order valence-corrected chi connectivity index (χ3v) is 3.02. The van der Waals surface area contributed by atoms with E-state index in [0.29, 0.717) is 5.82 Å². The van der Waals surface area contributed by atoms with Gasteiger partial charge < -0.3 is 16.2 Å². The fourth-order valence-electron chi connectivity index (χ4n) is 2.15. The van der Waals surface area contributed by atoms with E-state index in [-0.39, 0.29) is 6.04 Å². The lowest BCUT2D eigenvalue weighted by molar-refractivity contribution is 0.408. The van der Waals surface area contributed by atoms with E-state index in [1.807, 2.05) is 36.4 Å². The smallest absolute Gasteiger partial charge is 0.123 e. The molecule has 0 bridgehead atoms. The van der Waals surface area contributed by atoms with Crippen LogP contribution in [0, 0.1) is 0 Å². The number of hydrogen-bond donors (Lipinski definition) is 2. The number of rotatable bonds is 5. The van der Waals surface area contributed by atoms with Crippen LogP contribution in [-0.4, -0.2) is 18.1 Å². The topological polar surface area (TPSA) is 74.2 Å². The molecule has 0 amide bonds. The highest BCUT2D eigenvalue weighted by atomic mass is 16.5. The van der Waals surface area contributed by atoms with Crippen LogP contribution in [-0.2, 0) is 12.8 Å². The van der Waals surface area contributed by atoms with E-state index in [1.165, 1.54) is 0 Å². The van der Waals surface area contributed by atoms with Crippen molar-refractivity contribution in [3.63, 3.8) is 0 Å². The molecule has 0 radical (unpaired) electrons. The highest BCUT2D eigenvalue weighted by Gasteiger charge is 2.09. The number of methoxy groups -OCH3 is 1. The van der Waals surface area contributed by atoms with Crippen molar-refractivity contribution in [2.45, 2.75) is 18.9 Å². The number of nitrogens with two attached hydrogens (primary N) is 2. The van der Waals surface area contributed by atoms with Crippen LogP contribution in [0.3, 0.4) is 0 Å². The SMILES string of the molecule is COc1ccccc1CC(N)Cc1ccnc(N)c1. The normalized spacial score (nSPS) is 12.1. The number of benzene rings is 1. The summed E-state index contributed by atoms with van der Waals surface area (Å²) in [5.74, 6) is 1.41. The Hall–Kier alpha value is -2.07. The fraction of sp³-hybridized carbons (Fsp3) is 0.267. The molecule has 0 aliphatic heterocycles. The van der Waals surface area contributed by atoms with E-state index in [9.17, 15) is 0 Å². The Kier molecular flexibility index (Phi) is 4.36. The highest BCUT2D eigenvalue weighted by Crippen LogP contribution is 2.19. The number of pyridine rings is 1. The van der Waals surface area contributed by atoms with Crippen LogP contribution in [0.4, 0.5) is 5.82 Å². The fourth-order valence-corrected chi connectivity index (χ4v) is 2.15. The minimum atomic E-state index is 0.0260. The number of hydrogen-bond acceptors (Lipinski definition) is 4. The van der Waals surface area contributed by atoms with Crippen LogP contribution >= 0.6 is 0 Å². The second-order valence-corrected chi connectivity index (χ2v) is 4.57. The molecular weight excluding hydrogens is 238 g/mol. The summed E-state index contributed by atoms with van der Waals surface area (Å²) in [5, 5.41) is 0. The number of nitrogens with zero attached hydrogens (tertiary/aromatic N) is 1. The van der Waals surface area contributed by atoms with Crippen LogP contribution in [0.15, 0.2) is 42.6 Å². The summed E-state index contributed by atoms with van der Waals surface area (Å²) in [7, 11) is 1.67. The molecule has 1 atom stereocenters. The largest absolute Gasteiger partial charge is 0.496 e. The molecule has 0 fully saturated rings. The third-order valence-electron chi connectivity index (χ3n) is 3.02. The maximum absolute atomic E-state index is 6.19. The van der Waals surface area contributed by atoms with Gasteiger partial charge in [0.25, 0.3) is 0 Å². The van der Waals surface area contributed by atoms with Gasteiger partial charge in [0.15, 0.2) is 0 Å². The zero-order valence-electron chi connectivity index (χ0n) is 11.0. The minimum absolute atomic E-state index is 0.0260. The van der Waals surface area contributed by atoms with Crippen molar-refractivity contribution < 1.29 is 4.74 Å². The summed E-state index contributed by atoms with van der Waals surface area (Å²) < 4.78 is 5.33. The van der Waals surface area contributed by atoms with Crippen molar-refractivity contribution in [1.82, 2.24) is 4.98 Å². The van der Waals surface area contributed by atoms with Gasteiger partial charge in [-0.2, -0.15) is 0 Å². The second kappa shape index (κ2) is 6.20.